The summed E-state index contributed by atoms with van der Waals surface area (Å²) in [6.45, 7) is 2.62. The Morgan fingerprint density at radius 3 is 2.84 bits per heavy atom. The molecule has 0 aliphatic carbocycles. The van der Waals surface area contributed by atoms with Gasteiger partial charge in [0.15, 0.2) is 0 Å². The zero-order valence-corrected chi connectivity index (χ0v) is 21.2. The predicted octanol–water partition coefficient (Wildman–Crippen LogP) is 5.45. The number of carbonyl (C=O) groups excluding carboxylic acids is 1. The number of ether oxygens (including phenoxy) is 3. The standard InChI is InChI=1S/C28H24N4O4S/c1-16-10-20(25-22(11-16)31-24(34-2)14-29-25)27-32-21-8-9-23-19(26(21)37-27)12-18(36-23)13-30-28(33)35-15-17-6-4-3-5-7-17/h3-11,14,18H,12-13,15H2,1-2H3,(H,30,33). The lowest BCUT2D eigenvalue weighted by atomic mass is 10.1. The van der Waals surface area contributed by atoms with Crippen LogP contribution in [0.25, 0.3) is 31.8 Å². The van der Waals surface area contributed by atoms with E-state index in [0.717, 1.165) is 54.3 Å². The van der Waals surface area contributed by atoms with Gasteiger partial charge in [-0.05, 0) is 42.3 Å². The number of thiazole rings is 1. The Balaban J connectivity index is 1.20. The van der Waals surface area contributed by atoms with Gasteiger partial charge >= 0.3 is 6.09 Å². The number of nitrogens with one attached hydrogen (secondary N) is 1. The summed E-state index contributed by atoms with van der Waals surface area (Å²) in [7, 11) is 1.58. The van der Waals surface area contributed by atoms with Crippen molar-refractivity contribution in [3.63, 3.8) is 0 Å². The molecule has 3 heterocycles. The number of nitrogens with zero attached hydrogens (tertiary/aromatic N) is 3. The van der Waals surface area contributed by atoms with Crippen LogP contribution in [0.3, 0.4) is 0 Å². The number of hydrogen-bond donors (Lipinski definition) is 1. The van der Waals surface area contributed by atoms with Crippen molar-refractivity contribution in [1.29, 1.82) is 0 Å². The highest BCUT2D eigenvalue weighted by Gasteiger charge is 2.27. The topological polar surface area (TPSA) is 95.5 Å². The molecular weight excluding hydrogens is 488 g/mol. The van der Waals surface area contributed by atoms with Crippen molar-refractivity contribution in [2.45, 2.75) is 26.1 Å². The van der Waals surface area contributed by atoms with Gasteiger partial charge in [0.05, 0.1) is 41.1 Å². The van der Waals surface area contributed by atoms with E-state index < -0.39 is 6.09 Å². The summed E-state index contributed by atoms with van der Waals surface area (Å²) in [6.07, 6.45) is 1.67. The van der Waals surface area contributed by atoms with Gasteiger partial charge in [-0.25, -0.2) is 19.7 Å². The van der Waals surface area contributed by atoms with E-state index in [4.69, 9.17) is 19.2 Å². The molecule has 3 aromatic carbocycles. The maximum atomic E-state index is 12.2. The van der Waals surface area contributed by atoms with Crippen LogP contribution < -0.4 is 14.8 Å². The monoisotopic (exact) mass is 512 g/mol. The Hall–Kier alpha value is -4.24. The molecule has 0 bridgehead atoms. The number of aryl methyl sites for hydroxylation is 1. The largest absolute Gasteiger partial charge is 0.488 e. The van der Waals surface area contributed by atoms with Crippen LogP contribution in [0.15, 0.2) is 60.8 Å². The van der Waals surface area contributed by atoms with Crippen LogP contribution in [-0.4, -0.2) is 40.8 Å². The molecule has 0 saturated carbocycles. The summed E-state index contributed by atoms with van der Waals surface area (Å²) in [5.74, 6) is 1.30. The van der Waals surface area contributed by atoms with Gasteiger partial charge in [0, 0.05) is 17.5 Å². The Kier molecular flexibility index (Phi) is 6.05. The number of rotatable bonds is 6. The smallest absolute Gasteiger partial charge is 0.407 e. The van der Waals surface area contributed by atoms with Crippen LogP contribution in [-0.2, 0) is 17.8 Å². The first kappa shape index (κ1) is 23.2. The second kappa shape index (κ2) is 9.67. The third-order valence-electron chi connectivity index (χ3n) is 6.24. The fraction of sp³-hybridized carbons (Fsp3) is 0.214. The number of aromatic nitrogens is 3. The average Bonchev–Trinajstić information content (AvgIpc) is 3.54. The molecule has 1 N–H and O–H groups in total. The molecule has 8 nitrogen and oxygen atoms in total. The molecule has 0 saturated heterocycles. The lowest BCUT2D eigenvalue weighted by Gasteiger charge is -2.12. The number of methoxy groups -OCH3 is 1. The van der Waals surface area contributed by atoms with Gasteiger partial charge in [-0.3, -0.25) is 0 Å². The first-order valence-corrected chi connectivity index (χ1v) is 12.7. The lowest BCUT2D eigenvalue weighted by Crippen LogP contribution is -2.34. The molecule has 1 unspecified atom stereocenters. The van der Waals surface area contributed by atoms with E-state index in [2.05, 4.69) is 21.4 Å². The fourth-order valence-electron chi connectivity index (χ4n) is 4.49. The van der Waals surface area contributed by atoms with E-state index in [0.29, 0.717) is 18.8 Å². The Morgan fingerprint density at radius 1 is 1.14 bits per heavy atom. The summed E-state index contributed by atoms with van der Waals surface area (Å²) in [6, 6.07) is 17.6. The zero-order chi connectivity index (χ0) is 25.4. The summed E-state index contributed by atoms with van der Waals surface area (Å²) >= 11 is 1.62. The normalized spacial score (nSPS) is 14.4. The second-order valence-corrected chi connectivity index (χ2v) is 9.89. The molecular formula is C28H24N4O4S. The first-order valence-electron chi connectivity index (χ1n) is 11.9. The van der Waals surface area contributed by atoms with E-state index in [1.54, 1.807) is 24.6 Å². The van der Waals surface area contributed by atoms with Crippen molar-refractivity contribution in [2.24, 2.45) is 0 Å². The van der Waals surface area contributed by atoms with E-state index in [1.807, 2.05) is 55.5 Å². The van der Waals surface area contributed by atoms with Crippen LogP contribution in [0.1, 0.15) is 16.7 Å². The zero-order valence-electron chi connectivity index (χ0n) is 20.4. The molecule has 1 atom stereocenters. The molecule has 9 heteroatoms. The molecule has 186 valence electrons. The quantitative estimate of drug-likeness (QED) is 0.323. The second-order valence-electron chi connectivity index (χ2n) is 8.89. The van der Waals surface area contributed by atoms with Crippen molar-refractivity contribution in [3.8, 4) is 22.2 Å². The number of benzene rings is 3. The third-order valence-corrected chi connectivity index (χ3v) is 7.40. The van der Waals surface area contributed by atoms with E-state index in [9.17, 15) is 4.79 Å². The molecule has 6 rings (SSSR count). The van der Waals surface area contributed by atoms with E-state index in [-0.39, 0.29) is 12.7 Å². The first-order chi connectivity index (χ1) is 18.1. The van der Waals surface area contributed by atoms with Gasteiger partial charge in [0.2, 0.25) is 5.88 Å². The fourth-order valence-corrected chi connectivity index (χ4v) is 5.62. The Labute approximate surface area is 217 Å². The molecule has 0 radical (unpaired) electrons. The lowest BCUT2D eigenvalue weighted by molar-refractivity contribution is 0.133. The van der Waals surface area contributed by atoms with Crippen molar-refractivity contribution in [1.82, 2.24) is 20.3 Å². The highest BCUT2D eigenvalue weighted by molar-refractivity contribution is 7.22. The van der Waals surface area contributed by atoms with Crippen molar-refractivity contribution >= 4 is 38.7 Å². The number of alkyl carbamates (subject to hydrolysis) is 1. The molecule has 2 aromatic heterocycles. The summed E-state index contributed by atoms with van der Waals surface area (Å²) in [5.41, 5.74) is 6.53. The molecule has 5 aromatic rings. The number of hydrogen-bond acceptors (Lipinski definition) is 8. The Morgan fingerprint density at radius 2 is 2.00 bits per heavy atom. The number of fused-ring (bicyclic) bond motifs is 4. The maximum absolute atomic E-state index is 12.2. The molecule has 0 spiro atoms. The minimum atomic E-state index is -0.460. The highest BCUT2D eigenvalue weighted by Crippen LogP contribution is 2.41. The van der Waals surface area contributed by atoms with Crippen LogP contribution in [0, 0.1) is 6.92 Å². The van der Waals surface area contributed by atoms with Crippen molar-refractivity contribution in [3.05, 3.63) is 77.5 Å². The summed E-state index contributed by atoms with van der Waals surface area (Å²) in [4.78, 5) is 26.3. The average molecular weight is 513 g/mol. The highest BCUT2D eigenvalue weighted by atomic mass is 32.1. The third kappa shape index (κ3) is 4.65. The minimum absolute atomic E-state index is 0.173. The Bertz CT molecular complexity index is 1620. The maximum Gasteiger partial charge on any atom is 0.407 e. The molecule has 1 amide bonds. The van der Waals surface area contributed by atoms with Gasteiger partial charge in [-0.15, -0.1) is 11.3 Å². The van der Waals surface area contributed by atoms with Crippen molar-refractivity contribution in [2.75, 3.05) is 13.7 Å². The molecule has 37 heavy (non-hydrogen) atoms. The van der Waals surface area contributed by atoms with E-state index in [1.165, 1.54) is 0 Å². The summed E-state index contributed by atoms with van der Waals surface area (Å²) < 4.78 is 17.8. The number of amides is 1. The van der Waals surface area contributed by atoms with Crippen LogP contribution in [0.4, 0.5) is 4.79 Å². The molecule has 1 aliphatic rings. The summed E-state index contributed by atoms with van der Waals surface area (Å²) in [5, 5.41) is 3.70. The van der Waals surface area contributed by atoms with Crippen LogP contribution >= 0.6 is 11.3 Å². The van der Waals surface area contributed by atoms with Crippen LogP contribution in [0.5, 0.6) is 11.6 Å². The van der Waals surface area contributed by atoms with Gasteiger partial charge in [0.1, 0.15) is 23.5 Å². The van der Waals surface area contributed by atoms with Gasteiger partial charge in [-0.2, -0.15) is 0 Å². The molecule has 1 aliphatic heterocycles. The van der Waals surface area contributed by atoms with Gasteiger partial charge < -0.3 is 19.5 Å². The van der Waals surface area contributed by atoms with Gasteiger partial charge in [-0.1, -0.05) is 30.3 Å². The molecule has 0 fully saturated rings. The minimum Gasteiger partial charge on any atom is -0.488 e. The SMILES string of the molecule is COc1cnc2c(-c3nc4ccc5c(c4s3)CC(CNC(=O)OCc3ccccc3)O5)cc(C)cc2n1. The predicted molar refractivity (Wildman–Crippen MR) is 142 cm³/mol. The van der Waals surface area contributed by atoms with E-state index >= 15 is 0 Å². The number of carbonyl (C=O) groups is 1. The van der Waals surface area contributed by atoms with Crippen LogP contribution in [0.2, 0.25) is 0 Å². The van der Waals surface area contributed by atoms with Crippen molar-refractivity contribution < 1.29 is 19.0 Å². The van der Waals surface area contributed by atoms with Gasteiger partial charge in [0.25, 0.3) is 0 Å².